The first-order chi connectivity index (χ1) is 29.0. The van der Waals surface area contributed by atoms with Crippen LogP contribution in [0, 0.1) is 0 Å². The predicted molar refractivity (Wildman–Crippen MR) is 251 cm³/mol. The molecule has 0 amide bonds. The summed E-state index contributed by atoms with van der Waals surface area (Å²) in [4.78, 5) is 4.83. The quantitative estimate of drug-likeness (QED) is 0.160. The molecule has 0 atom stereocenters. The van der Waals surface area contributed by atoms with Crippen LogP contribution in [0.2, 0.25) is 0 Å². The highest BCUT2D eigenvalue weighted by atomic mass is 15.1. The van der Waals surface area contributed by atoms with Crippen LogP contribution in [0.4, 0.5) is 34.1 Å². The minimum Gasteiger partial charge on any atom is -0.310 e. The summed E-state index contributed by atoms with van der Waals surface area (Å²) in [6.45, 7) is 4.70. The molecule has 2 nitrogen and oxygen atoms in total. The lowest BCUT2D eigenvalue weighted by Crippen LogP contribution is -2.16. The maximum absolute atomic E-state index is 2.44. The Morgan fingerprint density at radius 3 is 1.69 bits per heavy atom. The summed E-state index contributed by atoms with van der Waals surface area (Å²) < 4.78 is 0. The molecule has 1 aliphatic carbocycles. The standard InChI is InChI=1S/C57H42N2/c1-57(2)53-25-13-12-23-50(53)51-34-33-46(38-54(51)57)58(43-19-4-3-5-20-43)44-30-28-41(29-31-44)47-35-36-56(52-24-11-10-22-49(47)52)59(45-32-27-39-15-6-7-17-42(39)37-45)55-26-14-18-40-16-8-9-21-48(40)55/h3-38H,1-2H3. The maximum atomic E-state index is 2.44. The van der Waals surface area contributed by atoms with Crippen LogP contribution in [0.3, 0.4) is 0 Å². The highest BCUT2D eigenvalue weighted by Crippen LogP contribution is 2.51. The van der Waals surface area contributed by atoms with E-state index in [1.165, 1.54) is 65.7 Å². The van der Waals surface area contributed by atoms with E-state index >= 15 is 0 Å². The second-order valence-electron chi connectivity index (χ2n) is 16.2. The van der Waals surface area contributed by atoms with E-state index in [0.717, 1.165) is 34.1 Å². The smallest absolute Gasteiger partial charge is 0.0540 e. The summed E-state index contributed by atoms with van der Waals surface area (Å²) in [6.07, 6.45) is 0. The first-order valence-corrected chi connectivity index (χ1v) is 20.5. The highest BCUT2D eigenvalue weighted by molar-refractivity contribution is 6.09. The molecule has 280 valence electrons. The van der Waals surface area contributed by atoms with Gasteiger partial charge in [-0.25, -0.2) is 0 Å². The number of fused-ring (bicyclic) bond motifs is 6. The van der Waals surface area contributed by atoms with Crippen LogP contribution in [0.15, 0.2) is 218 Å². The van der Waals surface area contributed by atoms with Gasteiger partial charge in [-0.2, -0.15) is 0 Å². The van der Waals surface area contributed by atoms with Gasteiger partial charge in [-0.15, -0.1) is 0 Å². The molecule has 0 radical (unpaired) electrons. The third kappa shape index (κ3) is 5.79. The van der Waals surface area contributed by atoms with E-state index in [-0.39, 0.29) is 5.41 Å². The van der Waals surface area contributed by atoms with Gasteiger partial charge in [0.1, 0.15) is 0 Å². The molecule has 0 saturated carbocycles. The molecule has 0 N–H and O–H groups in total. The second kappa shape index (κ2) is 13.9. The van der Waals surface area contributed by atoms with Gasteiger partial charge in [-0.1, -0.05) is 172 Å². The van der Waals surface area contributed by atoms with E-state index in [9.17, 15) is 0 Å². The lowest BCUT2D eigenvalue weighted by molar-refractivity contribution is 0.660. The Balaban J connectivity index is 1.03. The van der Waals surface area contributed by atoms with E-state index in [1.54, 1.807) is 0 Å². The molecule has 2 heteroatoms. The molecule has 0 heterocycles. The fourth-order valence-corrected chi connectivity index (χ4v) is 9.50. The van der Waals surface area contributed by atoms with Crippen LogP contribution in [-0.2, 0) is 5.41 Å². The van der Waals surface area contributed by atoms with Gasteiger partial charge < -0.3 is 9.80 Å². The van der Waals surface area contributed by atoms with Crippen molar-refractivity contribution in [2.75, 3.05) is 9.80 Å². The van der Waals surface area contributed by atoms with Crippen molar-refractivity contribution in [1.82, 2.24) is 0 Å². The van der Waals surface area contributed by atoms with E-state index in [4.69, 9.17) is 0 Å². The van der Waals surface area contributed by atoms with Gasteiger partial charge in [0.15, 0.2) is 0 Å². The first kappa shape index (κ1) is 34.8. The minimum atomic E-state index is -0.0845. The molecule has 0 bridgehead atoms. The largest absolute Gasteiger partial charge is 0.310 e. The fraction of sp³-hybridized carbons (Fsp3) is 0.0526. The van der Waals surface area contributed by atoms with E-state index in [1.807, 2.05) is 0 Å². The normalized spacial score (nSPS) is 12.7. The fourth-order valence-electron chi connectivity index (χ4n) is 9.50. The lowest BCUT2D eigenvalue weighted by atomic mass is 9.82. The molecule has 0 aromatic heterocycles. The maximum Gasteiger partial charge on any atom is 0.0540 e. The minimum absolute atomic E-state index is 0.0845. The summed E-state index contributed by atoms with van der Waals surface area (Å²) >= 11 is 0. The van der Waals surface area contributed by atoms with Crippen molar-refractivity contribution in [1.29, 1.82) is 0 Å². The van der Waals surface area contributed by atoms with Crippen LogP contribution in [0.5, 0.6) is 0 Å². The second-order valence-corrected chi connectivity index (χ2v) is 16.2. The number of rotatable bonds is 7. The molecule has 1 aliphatic rings. The molecule has 10 aromatic carbocycles. The number of para-hydroxylation sites is 1. The Bertz CT molecular complexity index is 3190. The Labute approximate surface area is 345 Å². The third-order valence-corrected chi connectivity index (χ3v) is 12.4. The molecule has 10 aromatic rings. The predicted octanol–water partition coefficient (Wildman–Crippen LogP) is 16.1. The Morgan fingerprint density at radius 1 is 0.305 bits per heavy atom. The number of hydrogen-bond acceptors (Lipinski definition) is 2. The highest BCUT2D eigenvalue weighted by Gasteiger charge is 2.35. The zero-order valence-electron chi connectivity index (χ0n) is 33.2. The van der Waals surface area contributed by atoms with Gasteiger partial charge in [0.2, 0.25) is 0 Å². The van der Waals surface area contributed by atoms with Crippen molar-refractivity contribution in [3.05, 3.63) is 230 Å². The van der Waals surface area contributed by atoms with Crippen molar-refractivity contribution in [3.8, 4) is 22.3 Å². The van der Waals surface area contributed by atoms with Crippen LogP contribution in [0.25, 0.3) is 54.6 Å². The van der Waals surface area contributed by atoms with E-state index in [2.05, 4.69) is 242 Å². The monoisotopic (exact) mass is 754 g/mol. The molecule has 0 aliphatic heterocycles. The lowest BCUT2D eigenvalue weighted by Gasteiger charge is -2.29. The molecule has 59 heavy (non-hydrogen) atoms. The number of benzene rings is 10. The van der Waals surface area contributed by atoms with Crippen LogP contribution in [-0.4, -0.2) is 0 Å². The summed E-state index contributed by atoms with van der Waals surface area (Å²) in [6, 6.07) is 79.9. The summed E-state index contributed by atoms with van der Waals surface area (Å²) in [5.41, 5.74) is 14.5. The average molecular weight is 755 g/mol. The van der Waals surface area contributed by atoms with Gasteiger partial charge in [-0.3, -0.25) is 0 Å². The molecule has 0 fully saturated rings. The van der Waals surface area contributed by atoms with Crippen molar-refractivity contribution in [2.24, 2.45) is 0 Å². The topological polar surface area (TPSA) is 6.48 Å². The Hall–Kier alpha value is -7.42. The van der Waals surface area contributed by atoms with Crippen LogP contribution in [0.1, 0.15) is 25.0 Å². The third-order valence-electron chi connectivity index (χ3n) is 12.4. The van der Waals surface area contributed by atoms with Crippen molar-refractivity contribution in [3.63, 3.8) is 0 Å². The molecule has 0 unspecified atom stereocenters. The molecule has 0 saturated heterocycles. The van der Waals surface area contributed by atoms with Gasteiger partial charge >= 0.3 is 0 Å². The first-order valence-electron chi connectivity index (χ1n) is 20.5. The average Bonchev–Trinajstić information content (AvgIpc) is 3.52. The SMILES string of the molecule is CC1(C)c2ccccc2-c2ccc(N(c3ccccc3)c3ccc(-c4ccc(N(c5ccc6ccccc6c5)c5cccc6ccccc56)c5ccccc45)cc3)cc21. The molecular weight excluding hydrogens is 713 g/mol. The molecule has 11 rings (SSSR count). The van der Waals surface area contributed by atoms with E-state index in [0.29, 0.717) is 0 Å². The number of nitrogens with zero attached hydrogens (tertiary/aromatic N) is 2. The zero-order chi connectivity index (χ0) is 39.5. The van der Waals surface area contributed by atoms with Crippen LogP contribution >= 0.6 is 0 Å². The Morgan fingerprint density at radius 2 is 0.864 bits per heavy atom. The van der Waals surface area contributed by atoms with Gasteiger partial charge in [0, 0.05) is 38.9 Å². The Kier molecular flexibility index (Phi) is 8.20. The zero-order valence-corrected chi connectivity index (χ0v) is 33.2. The van der Waals surface area contributed by atoms with Gasteiger partial charge in [0.25, 0.3) is 0 Å². The molecular formula is C57H42N2. The summed E-state index contributed by atoms with van der Waals surface area (Å²) in [5.74, 6) is 0. The number of anilines is 6. The van der Waals surface area contributed by atoms with Crippen molar-refractivity contribution in [2.45, 2.75) is 19.3 Å². The van der Waals surface area contributed by atoms with Crippen molar-refractivity contribution >= 4 is 66.4 Å². The number of hydrogen-bond donors (Lipinski definition) is 0. The summed E-state index contributed by atoms with van der Waals surface area (Å²) in [5, 5.41) is 7.29. The van der Waals surface area contributed by atoms with Crippen LogP contribution < -0.4 is 9.80 Å². The van der Waals surface area contributed by atoms with Crippen molar-refractivity contribution < 1.29 is 0 Å². The van der Waals surface area contributed by atoms with Gasteiger partial charge in [-0.05, 0) is 116 Å². The van der Waals surface area contributed by atoms with Gasteiger partial charge in [0.05, 0.1) is 11.4 Å². The van der Waals surface area contributed by atoms with E-state index < -0.39 is 0 Å². The molecule has 0 spiro atoms. The summed E-state index contributed by atoms with van der Waals surface area (Å²) in [7, 11) is 0.